The molecule has 90 valence electrons. The van der Waals surface area contributed by atoms with Gasteiger partial charge in [0.1, 0.15) is 0 Å². The Morgan fingerprint density at radius 1 is 1.13 bits per heavy atom. The second-order valence-electron chi connectivity index (χ2n) is 5.23. The van der Waals surface area contributed by atoms with Gasteiger partial charge >= 0.3 is 0 Å². The van der Waals surface area contributed by atoms with Gasteiger partial charge in [-0.25, -0.2) is 0 Å². The summed E-state index contributed by atoms with van der Waals surface area (Å²) in [4.78, 5) is 2.66. The predicted molar refractivity (Wildman–Crippen MR) is 65.0 cm³/mol. The molecule has 1 N–H and O–H groups in total. The zero-order valence-corrected chi connectivity index (χ0v) is 10.4. The van der Waals surface area contributed by atoms with Crippen LogP contribution in [0.5, 0.6) is 0 Å². The number of hydrogen-bond acceptors (Lipinski definition) is 2. The molecule has 1 fully saturated rings. The highest BCUT2D eigenvalue weighted by Gasteiger charge is 2.27. The molecule has 0 saturated heterocycles. The summed E-state index contributed by atoms with van der Waals surface area (Å²) < 4.78 is 0. The average molecular weight is 213 g/mol. The highest BCUT2D eigenvalue weighted by Crippen LogP contribution is 2.27. The molecule has 0 aromatic heterocycles. The van der Waals surface area contributed by atoms with Crippen molar-refractivity contribution in [2.45, 2.75) is 58.4 Å². The molecule has 15 heavy (non-hydrogen) atoms. The van der Waals surface area contributed by atoms with E-state index in [1.54, 1.807) is 0 Å². The van der Waals surface area contributed by atoms with Crippen molar-refractivity contribution < 1.29 is 5.11 Å². The van der Waals surface area contributed by atoms with Gasteiger partial charge in [-0.2, -0.15) is 0 Å². The summed E-state index contributed by atoms with van der Waals surface area (Å²) >= 11 is 0. The molecular formula is C13H27NO. The van der Waals surface area contributed by atoms with Crippen LogP contribution in [0, 0.1) is 5.92 Å². The standard InChI is InChI=1S/C13H27NO/c1-12(2)8-10-14(13-6-7-13)9-4-3-5-11-15/h12-13,15H,3-11H2,1-2H3. The largest absolute Gasteiger partial charge is 0.396 e. The van der Waals surface area contributed by atoms with E-state index in [1.165, 1.54) is 45.2 Å². The normalized spacial score (nSPS) is 16.6. The van der Waals surface area contributed by atoms with Crippen molar-refractivity contribution in [2.24, 2.45) is 5.92 Å². The van der Waals surface area contributed by atoms with Crippen molar-refractivity contribution in [1.29, 1.82) is 0 Å². The first-order valence-corrected chi connectivity index (χ1v) is 6.59. The van der Waals surface area contributed by atoms with E-state index in [-0.39, 0.29) is 0 Å². The lowest BCUT2D eigenvalue weighted by Gasteiger charge is -2.22. The smallest absolute Gasteiger partial charge is 0.0431 e. The van der Waals surface area contributed by atoms with Crippen LogP contribution in [0.1, 0.15) is 52.4 Å². The molecule has 1 saturated carbocycles. The zero-order valence-electron chi connectivity index (χ0n) is 10.4. The van der Waals surface area contributed by atoms with E-state index in [0.29, 0.717) is 6.61 Å². The molecule has 0 bridgehead atoms. The Labute approximate surface area is 94.7 Å². The molecule has 0 atom stereocenters. The monoisotopic (exact) mass is 213 g/mol. The number of aliphatic hydroxyl groups excluding tert-OH is 1. The quantitative estimate of drug-likeness (QED) is 0.595. The fourth-order valence-corrected chi connectivity index (χ4v) is 1.94. The van der Waals surface area contributed by atoms with Gasteiger partial charge in [-0.1, -0.05) is 13.8 Å². The van der Waals surface area contributed by atoms with Crippen molar-refractivity contribution in [3.05, 3.63) is 0 Å². The van der Waals surface area contributed by atoms with Crippen LogP contribution < -0.4 is 0 Å². The molecule has 0 spiro atoms. The fraction of sp³-hybridized carbons (Fsp3) is 1.00. The van der Waals surface area contributed by atoms with Crippen LogP contribution in [0.3, 0.4) is 0 Å². The molecule has 1 aliphatic rings. The van der Waals surface area contributed by atoms with Crippen LogP contribution in [-0.2, 0) is 0 Å². The van der Waals surface area contributed by atoms with Gasteiger partial charge in [0.25, 0.3) is 0 Å². The van der Waals surface area contributed by atoms with Crippen molar-refractivity contribution in [3.8, 4) is 0 Å². The Bertz CT molecular complexity index is 155. The fourth-order valence-electron chi connectivity index (χ4n) is 1.94. The Morgan fingerprint density at radius 2 is 1.87 bits per heavy atom. The number of unbranched alkanes of at least 4 members (excludes halogenated alkanes) is 2. The predicted octanol–water partition coefficient (Wildman–Crippen LogP) is 2.66. The third-order valence-electron chi connectivity index (χ3n) is 3.16. The highest BCUT2D eigenvalue weighted by atomic mass is 16.2. The van der Waals surface area contributed by atoms with Crippen LogP contribution in [0.4, 0.5) is 0 Å². The third kappa shape index (κ3) is 6.16. The second kappa shape index (κ2) is 7.24. The van der Waals surface area contributed by atoms with Gasteiger partial charge in [-0.15, -0.1) is 0 Å². The van der Waals surface area contributed by atoms with E-state index in [9.17, 15) is 0 Å². The highest BCUT2D eigenvalue weighted by molar-refractivity contribution is 4.84. The Hall–Kier alpha value is -0.0800. The lowest BCUT2D eigenvalue weighted by molar-refractivity contribution is 0.234. The van der Waals surface area contributed by atoms with Crippen molar-refractivity contribution >= 4 is 0 Å². The second-order valence-corrected chi connectivity index (χ2v) is 5.23. The van der Waals surface area contributed by atoms with E-state index in [4.69, 9.17) is 5.11 Å². The van der Waals surface area contributed by atoms with Crippen LogP contribution >= 0.6 is 0 Å². The Kier molecular flexibility index (Phi) is 6.26. The summed E-state index contributed by atoms with van der Waals surface area (Å²) in [5, 5.41) is 8.72. The molecule has 0 aromatic carbocycles. The molecule has 0 aromatic rings. The molecule has 0 aliphatic heterocycles. The molecular weight excluding hydrogens is 186 g/mol. The van der Waals surface area contributed by atoms with E-state index in [2.05, 4.69) is 18.7 Å². The van der Waals surface area contributed by atoms with Crippen molar-refractivity contribution in [1.82, 2.24) is 4.90 Å². The Morgan fingerprint density at radius 3 is 2.40 bits per heavy atom. The van der Waals surface area contributed by atoms with Crippen molar-refractivity contribution in [2.75, 3.05) is 19.7 Å². The number of nitrogens with zero attached hydrogens (tertiary/aromatic N) is 1. The minimum absolute atomic E-state index is 0.357. The Balaban J connectivity index is 2.07. The van der Waals surface area contributed by atoms with E-state index in [1.807, 2.05) is 0 Å². The van der Waals surface area contributed by atoms with Gasteiger partial charge in [0.15, 0.2) is 0 Å². The molecule has 1 aliphatic carbocycles. The maximum atomic E-state index is 8.72. The molecule has 0 unspecified atom stereocenters. The minimum atomic E-state index is 0.357. The first-order chi connectivity index (χ1) is 7.24. The molecule has 1 rings (SSSR count). The summed E-state index contributed by atoms with van der Waals surface area (Å²) in [6.07, 6.45) is 7.58. The van der Waals surface area contributed by atoms with Crippen LogP contribution in [-0.4, -0.2) is 35.7 Å². The van der Waals surface area contributed by atoms with Crippen LogP contribution in [0.2, 0.25) is 0 Å². The van der Waals surface area contributed by atoms with Gasteiger partial charge < -0.3 is 10.0 Å². The number of hydrogen-bond donors (Lipinski definition) is 1. The maximum Gasteiger partial charge on any atom is 0.0431 e. The molecule has 0 amide bonds. The van der Waals surface area contributed by atoms with E-state index >= 15 is 0 Å². The average Bonchev–Trinajstić information content (AvgIpc) is 3.00. The maximum absolute atomic E-state index is 8.72. The van der Waals surface area contributed by atoms with Crippen LogP contribution in [0.25, 0.3) is 0 Å². The zero-order chi connectivity index (χ0) is 11.1. The first kappa shape index (κ1) is 13.0. The summed E-state index contributed by atoms with van der Waals surface area (Å²) in [5.74, 6) is 0.823. The van der Waals surface area contributed by atoms with Gasteiger partial charge in [-0.3, -0.25) is 0 Å². The number of rotatable bonds is 9. The van der Waals surface area contributed by atoms with Gasteiger partial charge in [0, 0.05) is 12.6 Å². The van der Waals surface area contributed by atoms with Gasteiger partial charge in [-0.05, 0) is 57.5 Å². The van der Waals surface area contributed by atoms with E-state index < -0.39 is 0 Å². The molecule has 0 radical (unpaired) electrons. The SMILES string of the molecule is CC(C)CCN(CCCCCO)C1CC1. The summed E-state index contributed by atoms with van der Waals surface area (Å²) in [6, 6.07) is 0.901. The summed E-state index contributed by atoms with van der Waals surface area (Å²) in [5.41, 5.74) is 0. The van der Waals surface area contributed by atoms with Crippen LogP contribution in [0.15, 0.2) is 0 Å². The minimum Gasteiger partial charge on any atom is -0.396 e. The molecule has 2 heteroatoms. The molecule has 2 nitrogen and oxygen atoms in total. The number of aliphatic hydroxyl groups is 1. The lowest BCUT2D eigenvalue weighted by Crippen LogP contribution is -2.29. The molecule has 0 heterocycles. The van der Waals surface area contributed by atoms with Gasteiger partial charge in [0.2, 0.25) is 0 Å². The third-order valence-corrected chi connectivity index (χ3v) is 3.16. The van der Waals surface area contributed by atoms with Crippen molar-refractivity contribution in [3.63, 3.8) is 0 Å². The lowest BCUT2D eigenvalue weighted by atomic mass is 10.1. The van der Waals surface area contributed by atoms with E-state index in [0.717, 1.165) is 18.4 Å². The van der Waals surface area contributed by atoms with Gasteiger partial charge in [0.05, 0.1) is 0 Å². The topological polar surface area (TPSA) is 23.5 Å². The first-order valence-electron chi connectivity index (χ1n) is 6.59. The summed E-state index contributed by atoms with van der Waals surface area (Å²) in [7, 11) is 0. The summed E-state index contributed by atoms with van der Waals surface area (Å²) in [6.45, 7) is 7.49.